The fourth-order valence-corrected chi connectivity index (χ4v) is 2.26. The zero-order valence-corrected chi connectivity index (χ0v) is 15.1. The first-order chi connectivity index (χ1) is 11.9. The molecule has 1 atom stereocenters. The van der Waals surface area contributed by atoms with E-state index in [9.17, 15) is 9.59 Å². The number of para-hydroxylation sites is 1. The number of amides is 2. The van der Waals surface area contributed by atoms with Crippen LogP contribution in [0.4, 0.5) is 5.69 Å². The molecule has 5 nitrogen and oxygen atoms in total. The Labute approximate surface area is 152 Å². The van der Waals surface area contributed by atoms with Gasteiger partial charge in [0.2, 0.25) is 0 Å². The van der Waals surface area contributed by atoms with Crippen molar-refractivity contribution in [1.29, 1.82) is 0 Å². The van der Waals surface area contributed by atoms with Crippen LogP contribution in [0.1, 0.15) is 31.1 Å². The van der Waals surface area contributed by atoms with Crippen LogP contribution in [0.15, 0.2) is 48.5 Å². The summed E-state index contributed by atoms with van der Waals surface area (Å²) in [6.07, 6.45) is -0.734. The van der Waals surface area contributed by atoms with Crippen LogP contribution < -0.4 is 15.4 Å². The first-order valence-corrected chi connectivity index (χ1v) is 8.37. The highest BCUT2D eigenvalue weighted by molar-refractivity contribution is 6.30. The zero-order chi connectivity index (χ0) is 18.4. The largest absolute Gasteiger partial charge is 0.481 e. The summed E-state index contributed by atoms with van der Waals surface area (Å²) in [7, 11) is 0. The van der Waals surface area contributed by atoms with Gasteiger partial charge in [-0.05, 0) is 57.2 Å². The van der Waals surface area contributed by atoms with Gasteiger partial charge in [0, 0.05) is 11.1 Å². The van der Waals surface area contributed by atoms with E-state index in [1.54, 1.807) is 55.5 Å². The summed E-state index contributed by atoms with van der Waals surface area (Å²) >= 11 is 5.83. The number of ether oxygens (including phenoxy) is 1. The maximum Gasteiger partial charge on any atom is 0.265 e. The van der Waals surface area contributed by atoms with Crippen LogP contribution in [-0.4, -0.2) is 24.0 Å². The van der Waals surface area contributed by atoms with E-state index in [0.717, 1.165) is 0 Å². The Hall–Kier alpha value is -2.53. The average molecular weight is 361 g/mol. The van der Waals surface area contributed by atoms with Gasteiger partial charge >= 0.3 is 0 Å². The Balaban J connectivity index is 2.07. The van der Waals surface area contributed by atoms with Crippen molar-refractivity contribution in [2.24, 2.45) is 0 Å². The summed E-state index contributed by atoms with van der Waals surface area (Å²) in [6.45, 7) is 5.39. The monoisotopic (exact) mass is 360 g/mol. The normalized spacial score (nSPS) is 11.7. The topological polar surface area (TPSA) is 67.4 Å². The van der Waals surface area contributed by atoms with Crippen LogP contribution in [-0.2, 0) is 4.79 Å². The molecule has 0 saturated heterocycles. The average Bonchev–Trinajstić information content (AvgIpc) is 2.56. The van der Waals surface area contributed by atoms with Crippen LogP contribution in [0.25, 0.3) is 0 Å². The van der Waals surface area contributed by atoms with E-state index in [4.69, 9.17) is 16.3 Å². The lowest BCUT2D eigenvalue weighted by Crippen LogP contribution is -2.33. The van der Waals surface area contributed by atoms with Crippen LogP contribution in [0.2, 0.25) is 5.02 Å². The van der Waals surface area contributed by atoms with Gasteiger partial charge in [0.15, 0.2) is 6.10 Å². The minimum atomic E-state index is -0.734. The van der Waals surface area contributed by atoms with Gasteiger partial charge in [0.1, 0.15) is 5.75 Å². The molecule has 2 amide bonds. The highest BCUT2D eigenvalue weighted by atomic mass is 35.5. The van der Waals surface area contributed by atoms with Crippen molar-refractivity contribution in [1.82, 2.24) is 5.32 Å². The van der Waals surface area contributed by atoms with Crippen LogP contribution in [0.3, 0.4) is 0 Å². The summed E-state index contributed by atoms with van der Waals surface area (Å²) in [4.78, 5) is 24.6. The summed E-state index contributed by atoms with van der Waals surface area (Å²) in [5.41, 5.74) is 0.848. The fourth-order valence-electron chi connectivity index (χ4n) is 2.14. The van der Waals surface area contributed by atoms with E-state index in [0.29, 0.717) is 22.0 Å². The maximum absolute atomic E-state index is 12.4. The molecule has 0 bridgehead atoms. The molecule has 0 saturated carbocycles. The van der Waals surface area contributed by atoms with Gasteiger partial charge in [-0.15, -0.1) is 0 Å². The van der Waals surface area contributed by atoms with E-state index in [1.165, 1.54) is 0 Å². The molecule has 0 unspecified atom stereocenters. The molecule has 0 aromatic heterocycles. The number of rotatable bonds is 6. The van der Waals surface area contributed by atoms with Crippen LogP contribution >= 0.6 is 11.6 Å². The molecule has 6 heteroatoms. The van der Waals surface area contributed by atoms with Gasteiger partial charge in [-0.3, -0.25) is 9.59 Å². The molecule has 0 fully saturated rings. The summed E-state index contributed by atoms with van der Waals surface area (Å²) in [5.74, 6) is -0.0465. The quantitative estimate of drug-likeness (QED) is 0.821. The highest BCUT2D eigenvalue weighted by Crippen LogP contribution is 2.19. The molecular formula is C19H21ClN2O3. The Bertz CT molecular complexity index is 745. The summed E-state index contributed by atoms with van der Waals surface area (Å²) < 4.78 is 5.60. The minimum Gasteiger partial charge on any atom is -0.481 e. The van der Waals surface area contributed by atoms with Crippen molar-refractivity contribution in [3.8, 4) is 5.75 Å². The Kier molecular flexibility index (Phi) is 6.42. The van der Waals surface area contributed by atoms with Crippen molar-refractivity contribution in [2.75, 3.05) is 5.32 Å². The standard InChI is InChI=1S/C19H21ClN2O3/c1-12(2)21-19(24)16-6-4-5-7-17(16)22-18(23)13(3)25-15-10-8-14(20)9-11-15/h4-13H,1-3H3,(H,21,24)(H,22,23)/t13-/m0/s1. The molecule has 2 aromatic rings. The third-order valence-electron chi connectivity index (χ3n) is 3.35. The molecule has 2 N–H and O–H groups in total. The Morgan fingerprint density at radius 2 is 1.64 bits per heavy atom. The summed E-state index contributed by atoms with van der Waals surface area (Å²) in [5, 5.41) is 6.15. The molecule has 0 heterocycles. The van der Waals surface area contributed by atoms with Crippen molar-refractivity contribution in [3.05, 3.63) is 59.1 Å². The minimum absolute atomic E-state index is 0.00317. The molecule has 0 radical (unpaired) electrons. The molecule has 0 aliphatic heterocycles. The van der Waals surface area contributed by atoms with E-state index in [1.807, 2.05) is 13.8 Å². The predicted octanol–water partition coefficient (Wildman–Crippen LogP) is 3.88. The number of hydrogen-bond acceptors (Lipinski definition) is 3. The van der Waals surface area contributed by atoms with E-state index in [-0.39, 0.29) is 17.9 Å². The zero-order valence-electron chi connectivity index (χ0n) is 14.4. The van der Waals surface area contributed by atoms with Crippen molar-refractivity contribution >= 4 is 29.1 Å². The van der Waals surface area contributed by atoms with E-state index >= 15 is 0 Å². The number of nitrogens with one attached hydrogen (secondary N) is 2. The van der Waals surface area contributed by atoms with Gasteiger partial charge in [-0.1, -0.05) is 23.7 Å². The van der Waals surface area contributed by atoms with Crippen LogP contribution in [0.5, 0.6) is 5.75 Å². The number of carbonyl (C=O) groups is 2. The predicted molar refractivity (Wildman–Crippen MR) is 99.2 cm³/mol. The maximum atomic E-state index is 12.4. The molecule has 132 valence electrons. The molecule has 2 aromatic carbocycles. The third kappa shape index (κ3) is 5.50. The third-order valence-corrected chi connectivity index (χ3v) is 3.60. The van der Waals surface area contributed by atoms with Crippen LogP contribution in [0, 0.1) is 0 Å². The number of halogens is 1. The molecule has 0 aliphatic rings. The van der Waals surface area contributed by atoms with Gasteiger partial charge in [-0.2, -0.15) is 0 Å². The number of anilines is 1. The van der Waals surface area contributed by atoms with E-state index in [2.05, 4.69) is 10.6 Å². The lowest BCUT2D eigenvalue weighted by Gasteiger charge is -2.17. The number of carbonyl (C=O) groups excluding carboxylic acids is 2. The van der Waals surface area contributed by atoms with Crippen molar-refractivity contribution in [2.45, 2.75) is 32.9 Å². The fraction of sp³-hybridized carbons (Fsp3) is 0.263. The van der Waals surface area contributed by atoms with Gasteiger partial charge in [0.05, 0.1) is 11.3 Å². The number of benzene rings is 2. The lowest BCUT2D eigenvalue weighted by molar-refractivity contribution is -0.122. The molecule has 2 rings (SSSR count). The van der Waals surface area contributed by atoms with Gasteiger partial charge in [-0.25, -0.2) is 0 Å². The Morgan fingerprint density at radius 1 is 1.00 bits per heavy atom. The van der Waals surface area contributed by atoms with Gasteiger partial charge < -0.3 is 15.4 Å². The van der Waals surface area contributed by atoms with Gasteiger partial charge in [0.25, 0.3) is 11.8 Å². The second-order valence-corrected chi connectivity index (χ2v) is 6.31. The molecule has 25 heavy (non-hydrogen) atoms. The second-order valence-electron chi connectivity index (χ2n) is 5.88. The molecule has 0 aliphatic carbocycles. The SMILES string of the molecule is CC(C)NC(=O)c1ccccc1NC(=O)[C@H](C)Oc1ccc(Cl)cc1. The van der Waals surface area contributed by atoms with Crippen molar-refractivity contribution < 1.29 is 14.3 Å². The molecular weight excluding hydrogens is 340 g/mol. The Morgan fingerprint density at radius 3 is 2.28 bits per heavy atom. The highest BCUT2D eigenvalue weighted by Gasteiger charge is 2.18. The first kappa shape index (κ1) is 18.8. The molecule has 0 spiro atoms. The van der Waals surface area contributed by atoms with E-state index < -0.39 is 6.10 Å². The summed E-state index contributed by atoms with van der Waals surface area (Å²) in [6, 6.07) is 13.6. The second kappa shape index (κ2) is 8.53. The van der Waals surface area contributed by atoms with Crippen molar-refractivity contribution in [3.63, 3.8) is 0 Å². The smallest absolute Gasteiger partial charge is 0.265 e. The lowest BCUT2D eigenvalue weighted by atomic mass is 10.1. The first-order valence-electron chi connectivity index (χ1n) is 8.00. The number of hydrogen-bond donors (Lipinski definition) is 2.